The van der Waals surface area contributed by atoms with Gasteiger partial charge in [0.2, 0.25) is 0 Å². The summed E-state index contributed by atoms with van der Waals surface area (Å²) in [6, 6.07) is 20.4. The van der Waals surface area contributed by atoms with Gasteiger partial charge in [-0.1, -0.05) is 42.5 Å². The normalized spacial score (nSPS) is 10.5. The Balaban J connectivity index is 2.07. The number of hydrogen-bond acceptors (Lipinski definition) is 2. The fourth-order valence-electron chi connectivity index (χ4n) is 2.36. The van der Waals surface area contributed by atoms with E-state index in [2.05, 4.69) is 7.05 Å². The van der Waals surface area contributed by atoms with Gasteiger partial charge in [-0.25, -0.2) is 0 Å². The summed E-state index contributed by atoms with van der Waals surface area (Å²) in [5.41, 5.74) is 3.73. The van der Waals surface area contributed by atoms with Crippen molar-refractivity contribution in [3.63, 3.8) is 0 Å². The summed E-state index contributed by atoms with van der Waals surface area (Å²) in [7, 11) is 4.05. The van der Waals surface area contributed by atoms with Gasteiger partial charge in [-0.2, -0.15) is 0 Å². The van der Waals surface area contributed by atoms with Gasteiger partial charge in [-0.15, -0.1) is 0 Å². The van der Waals surface area contributed by atoms with Crippen molar-refractivity contribution in [2.75, 3.05) is 0 Å². The predicted octanol–water partition coefficient (Wildman–Crippen LogP) is 4.37. The summed E-state index contributed by atoms with van der Waals surface area (Å²) < 4.78 is 1.80. The average Bonchev–Trinajstić information content (AvgIpc) is 2.90. The number of aromatic nitrogens is 1. The van der Waals surface area contributed by atoms with Crippen LogP contribution in [0.4, 0.5) is 5.69 Å². The molecule has 1 heterocycles. The zero-order valence-electron chi connectivity index (χ0n) is 11.3. The lowest BCUT2D eigenvalue weighted by Gasteiger charge is -2.08. The van der Waals surface area contributed by atoms with Crippen molar-refractivity contribution in [1.82, 2.24) is 4.57 Å². The highest BCUT2D eigenvalue weighted by Gasteiger charge is 2.11. The lowest BCUT2D eigenvalue weighted by Crippen LogP contribution is -1.93. The Hall–Kier alpha value is -2.88. The molecule has 3 aromatic rings. The monoisotopic (exact) mass is 277 g/mol. The van der Waals surface area contributed by atoms with Crippen LogP contribution in [0.15, 0.2) is 66.7 Å². The second-order valence-corrected chi connectivity index (χ2v) is 4.71. The van der Waals surface area contributed by atoms with Crippen molar-refractivity contribution < 1.29 is 4.92 Å². The lowest BCUT2D eigenvalue weighted by molar-refractivity contribution is -0.384. The van der Waals surface area contributed by atoms with E-state index in [0.717, 1.165) is 22.5 Å². The third-order valence-corrected chi connectivity index (χ3v) is 3.40. The van der Waals surface area contributed by atoms with Crippen LogP contribution in [-0.4, -0.2) is 9.49 Å². The van der Waals surface area contributed by atoms with Crippen LogP contribution in [0.3, 0.4) is 0 Å². The molecule has 0 atom stereocenters. The van der Waals surface area contributed by atoms with Gasteiger partial charge in [0.25, 0.3) is 5.69 Å². The van der Waals surface area contributed by atoms with Crippen molar-refractivity contribution in [2.45, 2.75) is 0 Å². The van der Waals surface area contributed by atoms with Gasteiger partial charge in [-0.3, -0.25) is 10.1 Å². The molecular formula is C17H13N2O2. The third kappa shape index (κ3) is 2.43. The molecule has 0 saturated heterocycles. The van der Waals surface area contributed by atoms with Gasteiger partial charge >= 0.3 is 0 Å². The summed E-state index contributed by atoms with van der Waals surface area (Å²) in [5, 5.41) is 10.9. The average molecular weight is 277 g/mol. The Bertz CT molecular complexity index is 792. The van der Waals surface area contributed by atoms with Gasteiger partial charge in [0, 0.05) is 36.1 Å². The first-order valence-corrected chi connectivity index (χ1v) is 6.49. The molecule has 0 unspecified atom stereocenters. The quantitative estimate of drug-likeness (QED) is 0.527. The lowest BCUT2D eigenvalue weighted by atomic mass is 10.1. The zero-order chi connectivity index (χ0) is 14.8. The van der Waals surface area contributed by atoms with E-state index in [1.54, 1.807) is 16.7 Å². The van der Waals surface area contributed by atoms with Crippen LogP contribution >= 0.6 is 0 Å². The second kappa shape index (κ2) is 5.25. The highest BCUT2D eigenvalue weighted by atomic mass is 16.6. The largest absolute Gasteiger partial charge is 0.339 e. The molecule has 0 spiro atoms. The van der Waals surface area contributed by atoms with Crippen LogP contribution in [0.5, 0.6) is 0 Å². The number of nitro groups is 1. The zero-order valence-corrected chi connectivity index (χ0v) is 11.3. The molecule has 0 N–H and O–H groups in total. The number of hydrogen-bond donors (Lipinski definition) is 0. The molecule has 0 aliphatic carbocycles. The molecule has 0 aliphatic rings. The SMILES string of the molecule is [CH2]n1c(-c2ccccc2)ccc1-c1cccc([N+](=O)[O-])c1. The molecule has 0 fully saturated rings. The Morgan fingerprint density at radius 2 is 1.48 bits per heavy atom. The summed E-state index contributed by atoms with van der Waals surface area (Å²) in [5.74, 6) is 0. The van der Waals surface area contributed by atoms with Crippen molar-refractivity contribution >= 4 is 5.69 Å². The van der Waals surface area contributed by atoms with E-state index >= 15 is 0 Å². The fourth-order valence-corrected chi connectivity index (χ4v) is 2.36. The van der Waals surface area contributed by atoms with Crippen molar-refractivity contribution in [2.24, 2.45) is 0 Å². The molecule has 0 bridgehead atoms. The van der Waals surface area contributed by atoms with E-state index in [0.29, 0.717) is 0 Å². The number of rotatable bonds is 3. The van der Waals surface area contributed by atoms with Crippen LogP contribution < -0.4 is 0 Å². The van der Waals surface area contributed by atoms with Crippen LogP contribution in [0.2, 0.25) is 0 Å². The number of benzene rings is 2. The van der Waals surface area contributed by atoms with E-state index in [-0.39, 0.29) is 5.69 Å². The number of non-ortho nitro benzene ring substituents is 1. The first-order valence-electron chi connectivity index (χ1n) is 6.49. The van der Waals surface area contributed by atoms with E-state index in [9.17, 15) is 10.1 Å². The van der Waals surface area contributed by atoms with Gasteiger partial charge in [0.05, 0.1) is 4.92 Å². The molecule has 103 valence electrons. The van der Waals surface area contributed by atoms with E-state index < -0.39 is 4.92 Å². The van der Waals surface area contributed by atoms with Crippen LogP contribution in [0.1, 0.15) is 0 Å². The molecule has 0 aliphatic heterocycles. The van der Waals surface area contributed by atoms with Gasteiger partial charge in [0.15, 0.2) is 0 Å². The maximum atomic E-state index is 10.9. The van der Waals surface area contributed by atoms with Gasteiger partial charge in [-0.05, 0) is 17.7 Å². The molecule has 4 heteroatoms. The predicted molar refractivity (Wildman–Crippen MR) is 82.7 cm³/mol. The van der Waals surface area contributed by atoms with E-state index in [1.807, 2.05) is 48.5 Å². The van der Waals surface area contributed by atoms with Crippen LogP contribution in [0.25, 0.3) is 22.5 Å². The summed E-state index contributed by atoms with van der Waals surface area (Å²) >= 11 is 0. The summed E-state index contributed by atoms with van der Waals surface area (Å²) in [6.45, 7) is 0. The molecule has 21 heavy (non-hydrogen) atoms. The minimum absolute atomic E-state index is 0.0787. The maximum Gasteiger partial charge on any atom is 0.270 e. The topological polar surface area (TPSA) is 48.1 Å². The minimum atomic E-state index is -0.391. The summed E-state index contributed by atoms with van der Waals surface area (Å²) in [6.07, 6.45) is 0. The Kier molecular flexibility index (Phi) is 3.28. The standard InChI is InChI=1S/C17H13N2O2/c1-18-16(13-6-3-2-4-7-13)10-11-17(18)14-8-5-9-15(12-14)19(20)21/h2-12H,1H2. The molecule has 4 nitrogen and oxygen atoms in total. The van der Waals surface area contributed by atoms with Gasteiger partial charge in [0.1, 0.15) is 0 Å². The van der Waals surface area contributed by atoms with E-state index in [4.69, 9.17) is 0 Å². The van der Waals surface area contributed by atoms with E-state index in [1.165, 1.54) is 6.07 Å². The molecule has 0 amide bonds. The first-order chi connectivity index (χ1) is 10.2. The molecular weight excluding hydrogens is 264 g/mol. The van der Waals surface area contributed by atoms with Gasteiger partial charge < -0.3 is 4.57 Å². The van der Waals surface area contributed by atoms with Crippen molar-refractivity contribution in [3.05, 3.63) is 83.9 Å². The summed E-state index contributed by atoms with van der Waals surface area (Å²) in [4.78, 5) is 10.5. The Morgan fingerprint density at radius 3 is 2.14 bits per heavy atom. The molecule has 2 aromatic carbocycles. The molecule has 1 aromatic heterocycles. The molecule has 1 radical (unpaired) electrons. The van der Waals surface area contributed by atoms with Crippen molar-refractivity contribution in [3.8, 4) is 22.5 Å². The molecule has 0 saturated carbocycles. The first kappa shape index (κ1) is 13.1. The Labute approximate surface area is 122 Å². The smallest absolute Gasteiger partial charge is 0.270 e. The van der Waals surface area contributed by atoms with Crippen LogP contribution in [0, 0.1) is 17.2 Å². The maximum absolute atomic E-state index is 10.9. The van der Waals surface area contributed by atoms with Crippen LogP contribution in [-0.2, 0) is 0 Å². The number of nitrogens with zero attached hydrogens (tertiary/aromatic N) is 2. The number of nitro benzene ring substituents is 1. The highest BCUT2D eigenvalue weighted by Crippen LogP contribution is 2.29. The third-order valence-electron chi connectivity index (χ3n) is 3.40. The van der Waals surface area contributed by atoms with Crippen molar-refractivity contribution in [1.29, 1.82) is 0 Å². The Morgan fingerprint density at radius 1 is 0.857 bits per heavy atom. The molecule has 3 rings (SSSR count). The minimum Gasteiger partial charge on any atom is -0.339 e. The highest BCUT2D eigenvalue weighted by molar-refractivity contribution is 5.71. The fraction of sp³-hybridized carbons (Fsp3) is 0. The second-order valence-electron chi connectivity index (χ2n) is 4.71.